The predicted octanol–water partition coefficient (Wildman–Crippen LogP) is 2.84. The van der Waals surface area contributed by atoms with Gasteiger partial charge in [0.1, 0.15) is 0 Å². The third-order valence-electron chi connectivity index (χ3n) is 5.22. The van der Waals surface area contributed by atoms with Crippen molar-refractivity contribution in [1.29, 1.82) is 0 Å². The molecule has 1 atom stereocenters. The fourth-order valence-electron chi connectivity index (χ4n) is 3.85. The molecule has 3 rings (SSSR count). The van der Waals surface area contributed by atoms with Crippen molar-refractivity contribution in [3.63, 3.8) is 0 Å². The summed E-state index contributed by atoms with van der Waals surface area (Å²) in [5.41, 5.74) is 1.33. The minimum Gasteiger partial charge on any atom is -0.481 e. The second-order valence-electron chi connectivity index (χ2n) is 6.64. The lowest BCUT2D eigenvalue weighted by Crippen LogP contribution is -2.42. The number of piperidine rings is 1. The molecule has 120 valence electrons. The van der Waals surface area contributed by atoms with Crippen LogP contribution in [0.15, 0.2) is 30.3 Å². The van der Waals surface area contributed by atoms with Crippen molar-refractivity contribution in [2.75, 3.05) is 31.1 Å². The number of hydrogen-bond donors (Lipinski definition) is 1. The van der Waals surface area contributed by atoms with Crippen molar-refractivity contribution < 1.29 is 9.90 Å². The first kappa shape index (κ1) is 15.3. The van der Waals surface area contributed by atoms with E-state index >= 15 is 0 Å². The van der Waals surface area contributed by atoms with Crippen LogP contribution < -0.4 is 4.90 Å². The maximum Gasteiger partial charge on any atom is 0.303 e. The zero-order valence-corrected chi connectivity index (χ0v) is 13.2. The number of hydrogen-bond acceptors (Lipinski definition) is 3. The first-order valence-electron chi connectivity index (χ1n) is 8.48. The number of aliphatic carboxylic acids is 1. The number of carbonyl (C=O) groups is 1. The van der Waals surface area contributed by atoms with Crippen LogP contribution in [-0.4, -0.2) is 48.2 Å². The average Bonchev–Trinajstić information content (AvgIpc) is 3.04. The molecule has 0 amide bonds. The summed E-state index contributed by atoms with van der Waals surface area (Å²) < 4.78 is 0. The Labute approximate surface area is 132 Å². The summed E-state index contributed by atoms with van der Waals surface area (Å²) in [6.45, 7) is 4.55. The van der Waals surface area contributed by atoms with Crippen LogP contribution in [0.5, 0.6) is 0 Å². The summed E-state index contributed by atoms with van der Waals surface area (Å²) in [5.74, 6) is -0.0456. The largest absolute Gasteiger partial charge is 0.481 e. The van der Waals surface area contributed by atoms with Crippen LogP contribution in [0.3, 0.4) is 0 Å². The second-order valence-corrected chi connectivity index (χ2v) is 6.64. The van der Waals surface area contributed by atoms with E-state index in [0.29, 0.717) is 18.4 Å². The average molecular weight is 302 g/mol. The molecule has 1 unspecified atom stereocenters. The van der Waals surface area contributed by atoms with E-state index in [1.807, 2.05) is 0 Å². The van der Waals surface area contributed by atoms with Crippen LogP contribution >= 0.6 is 0 Å². The van der Waals surface area contributed by atoms with Crippen molar-refractivity contribution in [3.05, 3.63) is 30.3 Å². The SMILES string of the molecule is O=C(O)CCC1CCN(C2CCN(c3ccccc3)C2)CC1. The van der Waals surface area contributed by atoms with Gasteiger partial charge in [0.05, 0.1) is 0 Å². The summed E-state index contributed by atoms with van der Waals surface area (Å²) in [6.07, 6.45) is 4.75. The molecule has 0 spiro atoms. The third kappa shape index (κ3) is 3.80. The van der Waals surface area contributed by atoms with Gasteiger partial charge < -0.3 is 10.0 Å². The number of nitrogens with zero attached hydrogens (tertiary/aromatic N) is 2. The predicted molar refractivity (Wildman–Crippen MR) is 88.2 cm³/mol. The van der Waals surface area contributed by atoms with Crippen molar-refractivity contribution >= 4 is 11.7 Å². The Morgan fingerprint density at radius 3 is 2.50 bits per heavy atom. The van der Waals surface area contributed by atoms with Gasteiger partial charge in [-0.15, -0.1) is 0 Å². The van der Waals surface area contributed by atoms with Crippen molar-refractivity contribution in [3.8, 4) is 0 Å². The summed E-state index contributed by atoms with van der Waals surface area (Å²) in [6, 6.07) is 11.3. The molecule has 2 heterocycles. The minimum absolute atomic E-state index is 0.329. The van der Waals surface area contributed by atoms with Crippen LogP contribution in [-0.2, 0) is 4.79 Å². The normalized spacial score (nSPS) is 23.8. The van der Waals surface area contributed by atoms with Crippen molar-refractivity contribution in [2.24, 2.45) is 5.92 Å². The van der Waals surface area contributed by atoms with Crippen molar-refractivity contribution in [2.45, 2.75) is 38.1 Å². The van der Waals surface area contributed by atoms with E-state index in [2.05, 4.69) is 40.1 Å². The highest BCUT2D eigenvalue weighted by atomic mass is 16.4. The molecule has 0 aliphatic carbocycles. The van der Waals surface area contributed by atoms with Crippen molar-refractivity contribution in [1.82, 2.24) is 4.90 Å². The van der Waals surface area contributed by atoms with Gasteiger partial charge in [-0.2, -0.15) is 0 Å². The Hall–Kier alpha value is -1.55. The Bertz CT molecular complexity index is 483. The van der Waals surface area contributed by atoms with Gasteiger partial charge in [-0.25, -0.2) is 0 Å². The highest BCUT2D eigenvalue weighted by molar-refractivity contribution is 5.66. The maximum absolute atomic E-state index is 10.7. The fraction of sp³-hybridized carbons (Fsp3) is 0.611. The van der Waals surface area contributed by atoms with Crippen LogP contribution in [0.25, 0.3) is 0 Å². The van der Waals surface area contributed by atoms with E-state index in [1.165, 1.54) is 12.1 Å². The van der Waals surface area contributed by atoms with E-state index in [0.717, 1.165) is 45.4 Å². The number of rotatable bonds is 5. The highest BCUT2D eigenvalue weighted by Crippen LogP contribution is 2.28. The lowest BCUT2D eigenvalue weighted by Gasteiger charge is -2.36. The van der Waals surface area contributed by atoms with Crippen LogP contribution in [0.4, 0.5) is 5.69 Å². The molecule has 1 aromatic carbocycles. The van der Waals surface area contributed by atoms with Crippen LogP contribution in [0, 0.1) is 5.92 Å². The van der Waals surface area contributed by atoms with E-state index in [1.54, 1.807) is 0 Å². The molecule has 4 heteroatoms. The van der Waals surface area contributed by atoms with Gasteiger partial charge in [-0.05, 0) is 56.8 Å². The molecule has 0 bridgehead atoms. The Morgan fingerprint density at radius 1 is 1.09 bits per heavy atom. The number of anilines is 1. The van der Waals surface area contributed by atoms with Gasteiger partial charge in [0.2, 0.25) is 0 Å². The molecule has 0 radical (unpaired) electrons. The maximum atomic E-state index is 10.7. The number of carboxylic acids is 1. The molecule has 1 aromatic rings. The van der Waals surface area contributed by atoms with Gasteiger partial charge in [-0.3, -0.25) is 9.69 Å². The summed E-state index contributed by atoms with van der Waals surface area (Å²) >= 11 is 0. The number of para-hydroxylation sites is 1. The molecule has 4 nitrogen and oxygen atoms in total. The van der Waals surface area contributed by atoms with Gasteiger partial charge in [0, 0.05) is 31.2 Å². The Balaban J connectivity index is 1.46. The molecule has 1 N–H and O–H groups in total. The van der Waals surface area contributed by atoms with Gasteiger partial charge >= 0.3 is 5.97 Å². The number of likely N-dealkylation sites (tertiary alicyclic amines) is 1. The second kappa shape index (κ2) is 7.14. The molecular formula is C18H26N2O2. The Kier molecular flexibility index (Phi) is 4.98. The van der Waals surface area contributed by atoms with E-state index in [9.17, 15) is 4.79 Å². The van der Waals surface area contributed by atoms with E-state index in [-0.39, 0.29) is 0 Å². The van der Waals surface area contributed by atoms with Crippen LogP contribution in [0.1, 0.15) is 32.1 Å². The molecule has 2 saturated heterocycles. The fourth-order valence-corrected chi connectivity index (χ4v) is 3.85. The summed E-state index contributed by atoms with van der Waals surface area (Å²) in [7, 11) is 0. The number of benzene rings is 1. The summed E-state index contributed by atoms with van der Waals surface area (Å²) in [5, 5.41) is 8.79. The topological polar surface area (TPSA) is 43.8 Å². The summed E-state index contributed by atoms with van der Waals surface area (Å²) in [4.78, 5) is 15.8. The van der Waals surface area contributed by atoms with Gasteiger partial charge in [0.15, 0.2) is 0 Å². The number of carboxylic acid groups (broad SMARTS) is 1. The molecule has 2 fully saturated rings. The van der Waals surface area contributed by atoms with Crippen LogP contribution in [0.2, 0.25) is 0 Å². The molecule has 22 heavy (non-hydrogen) atoms. The quantitative estimate of drug-likeness (QED) is 0.908. The Morgan fingerprint density at radius 2 is 1.82 bits per heavy atom. The minimum atomic E-state index is -0.656. The van der Waals surface area contributed by atoms with Gasteiger partial charge in [-0.1, -0.05) is 18.2 Å². The van der Waals surface area contributed by atoms with E-state index < -0.39 is 5.97 Å². The smallest absolute Gasteiger partial charge is 0.303 e. The standard InChI is InChI=1S/C18H26N2O2/c21-18(22)7-6-15-8-11-19(12-9-15)17-10-13-20(14-17)16-4-2-1-3-5-16/h1-5,15,17H,6-14H2,(H,21,22). The highest BCUT2D eigenvalue weighted by Gasteiger charge is 2.30. The lowest BCUT2D eigenvalue weighted by atomic mass is 9.91. The van der Waals surface area contributed by atoms with E-state index in [4.69, 9.17) is 5.11 Å². The molecule has 2 aliphatic heterocycles. The zero-order chi connectivity index (χ0) is 15.4. The van der Waals surface area contributed by atoms with Gasteiger partial charge in [0.25, 0.3) is 0 Å². The molecular weight excluding hydrogens is 276 g/mol. The first-order valence-corrected chi connectivity index (χ1v) is 8.48. The lowest BCUT2D eigenvalue weighted by molar-refractivity contribution is -0.137. The molecule has 0 saturated carbocycles. The monoisotopic (exact) mass is 302 g/mol. The molecule has 0 aromatic heterocycles. The third-order valence-corrected chi connectivity index (χ3v) is 5.22. The zero-order valence-electron chi connectivity index (χ0n) is 13.2. The molecule has 2 aliphatic rings. The first-order chi connectivity index (χ1) is 10.7.